The van der Waals surface area contributed by atoms with Crippen LogP contribution in [0.4, 0.5) is 0 Å². The van der Waals surface area contributed by atoms with Crippen LogP contribution in [0, 0.1) is 0 Å². The molecule has 1 aromatic heterocycles. The summed E-state index contributed by atoms with van der Waals surface area (Å²) in [4.78, 5) is 15.1. The summed E-state index contributed by atoms with van der Waals surface area (Å²) < 4.78 is 0. The number of rotatable bonds is 3. The quantitative estimate of drug-likeness (QED) is 0.827. The highest BCUT2D eigenvalue weighted by atomic mass is 32.1. The van der Waals surface area contributed by atoms with Crippen LogP contribution in [0.1, 0.15) is 42.3 Å². The second-order valence-electron chi connectivity index (χ2n) is 3.79. The first-order valence-electron chi connectivity index (χ1n) is 4.98. The number of carbonyl (C=O) groups excluding carboxylic acids is 1. The van der Waals surface area contributed by atoms with Gasteiger partial charge in [-0.25, -0.2) is 4.98 Å². The highest BCUT2D eigenvalue weighted by Gasteiger charge is 2.19. The molecule has 0 spiro atoms. The number of hydrogen-bond donors (Lipinski definition) is 1. The first kappa shape index (κ1) is 9.65. The highest BCUT2D eigenvalue weighted by molar-refractivity contribution is 7.09. The minimum absolute atomic E-state index is 0.289. The van der Waals surface area contributed by atoms with Crippen LogP contribution >= 0.6 is 11.3 Å². The second kappa shape index (κ2) is 4.09. The zero-order valence-corrected chi connectivity index (χ0v) is 8.85. The van der Waals surface area contributed by atoms with Crippen LogP contribution in [0.15, 0.2) is 5.38 Å². The molecule has 0 aliphatic heterocycles. The second-order valence-corrected chi connectivity index (χ2v) is 4.73. The number of thiazole rings is 1. The molecule has 2 rings (SSSR count). The molecule has 76 valence electrons. The summed E-state index contributed by atoms with van der Waals surface area (Å²) in [6.07, 6.45) is 5.41. The zero-order valence-electron chi connectivity index (χ0n) is 8.03. The van der Waals surface area contributed by atoms with Crippen molar-refractivity contribution in [1.82, 2.24) is 4.98 Å². The number of amides is 1. The lowest BCUT2D eigenvalue weighted by Crippen LogP contribution is -2.13. The summed E-state index contributed by atoms with van der Waals surface area (Å²) in [7, 11) is 0. The molecule has 1 heterocycles. The number of carbonyl (C=O) groups is 1. The number of nitrogens with two attached hydrogens (primary N) is 1. The van der Waals surface area contributed by atoms with Crippen molar-refractivity contribution in [3.8, 4) is 0 Å². The van der Waals surface area contributed by atoms with Crippen LogP contribution in [-0.2, 0) is 11.2 Å². The third-order valence-electron chi connectivity index (χ3n) is 2.67. The van der Waals surface area contributed by atoms with Gasteiger partial charge in [0, 0.05) is 11.3 Å². The van der Waals surface area contributed by atoms with Crippen LogP contribution in [0.2, 0.25) is 0 Å². The summed E-state index contributed by atoms with van der Waals surface area (Å²) in [5, 5.41) is 2.94. The Kier molecular flexibility index (Phi) is 2.82. The third-order valence-corrected chi connectivity index (χ3v) is 3.54. The molecule has 14 heavy (non-hydrogen) atoms. The molecule has 0 bridgehead atoms. The van der Waals surface area contributed by atoms with Crippen molar-refractivity contribution < 1.29 is 4.79 Å². The van der Waals surface area contributed by atoms with E-state index in [1.54, 1.807) is 11.3 Å². The summed E-state index contributed by atoms with van der Waals surface area (Å²) in [6, 6.07) is 0. The van der Waals surface area contributed by atoms with Crippen molar-refractivity contribution >= 4 is 17.2 Å². The molecule has 0 aromatic carbocycles. The molecule has 2 N–H and O–H groups in total. The smallest absolute Gasteiger partial charge is 0.224 e. The van der Waals surface area contributed by atoms with Gasteiger partial charge < -0.3 is 5.73 Å². The van der Waals surface area contributed by atoms with Crippen molar-refractivity contribution in [3.05, 3.63) is 16.1 Å². The van der Waals surface area contributed by atoms with E-state index in [0.717, 1.165) is 5.01 Å². The van der Waals surface area contributed by atoms with Gasteiger partial charge in [-0.3, -0.25) is 4.79 Å². The Morgan fingerprint density at radius 2 is 2.29 bits per heavy atom. The van der Waals surface area contributed by atoms with Gasteiger partial charge in [0.25, 0.3) is 0 Å². The summed E-state index contributed by atoms with van der Waals surface area (Å²) in [5.74, 6) is 0.338. The van der Waals surface area contributed by atoms with Crippen LogP contribution in [0.3, 0.4) is 0 Å². The molecule has 0 atom stereocenters. The number of aromatic nitrogens is 1. The fourth-order valence-electron chi connectivity index (χ4n) is 1.96. The van der Waals surface area contributed by atoms with Crippen LogP contribution in [-0.4, -0.2) is 10.9 Å². The van der Waals surface area contributed by atoms with Gasteiger partial charge in [0.15, 0.2) is 0 Å². The minimum Gasteiger partial charge on any atom is -0.369 e. The third kappa shape index (κ3) is 2.12. The first-order valence-corrected chi connectivity index (χ1v) is 5.86. The predicted octanol–water partition coefficient (Wildman–Crippen LogP) is 1.83. The molecule has 4 heteroatoms. The molecular formula is C10H14N2OS. The predicted molar refractivity (Wildman–Crippen MR) is 56.2 cm³/mol. The van der Waals surface area contributed by atoms with E-state index in [1.807, 2.05) is 0 Å². The number of nitrogens with zero attached hydrogens (tertiary/aromatic N) is 1. The van der Waals surface area contributed by atoms with Gasteiger partial charge in [-0.15, -0.1) is 11.3 Å². The average molecular weight is 210 g/mol. The van der Waals surface area contributed by atoms with Crippen molar-refractivity contribution in [2.24, 2.45) is 5.73 Å². The van der Waals surface area contributed by atoms with Crippen molar-refractivity contribution in [1.29, 1.82) is 0 Å². The Balaban J connectivity index is 2.05. The monoisotopic (exact) mass is 210 g/mol. The Bertz CT molecular complexity index is 329. The topological polar surface area (TPSA) is 56.0 Å². The van der Waals surface area contributed by atoms with Crippen molar-refractivity contribution in [2.75, 3.05) is 0 Å². The Hall–Kier alpha value is -0.900. The highest BCUT2D eigenvalue weighted by Crippen LogP contribution is 2.34. The van der Waals surface area contributed by atoms with Gasteiger partial charge in [-0.05, 0) is 12.8 Å². The van der Waals surface area contributed by atoms with Gasteiger partial charge in [0.1, 0.15) is 5.01 Å². The maximum absolute atomic E-state index is 10.7. The standard InChI is InChI=1S/C10H14N2OS/c11-9(13)5-10-12-8(6-14-10)7-3-1-2-4-7/h6-7H,1-5H2,(H2,11,13). The summed E-state index contributed by atoms with van der Waals surface area (Å²) >= 11 is 1.55. The Morgan fingerprint density at radius 3 is 2.93 bits per heavy atom. The van der Waals surface area contributed by atoms with Crippen molar-refractivity contribution in [3.63, 3.8) is 0 Å². The summed E-state index contributed by atoms with van der Waals surface area (Å²) in [6.45, 7) is 0. The maximum Gasteiger partial charge on any atom is 0.224 e. The fourth-order valence-corrected chi connectivity index (χ4v) is 2.85. The van der Waals surface area contributed by atoms with E-state index in [1.165, 1.54) is 31.4 Å². The minimum atomic E-state index is -0.294. The van der Waals surface area contributed by atoms with Crippen molar-refractivity contribution in [2.45, 2.75) is 38.0 Å². The molecule has 0 saturated heterocycles. The van der Waals surface area contributed by atoms with E-state index < -0.39 is 0 Å². The maximum atomic E-state index is 10.7. The van der Waals surface area contributed by atoms with Crippen LogP contribution in [0.5, 0.6) is 0 Å². The SMILES string of the molecule is NC(=O)Cc1nc(C2CCCC2)cs1. The normalized spacial score (nSPS) is 17.4. The van der Waals surface area contributed by atoms with E-state index in [0.29, 0.717) is 5.92 Å². The van der Waals surface area contributed by atoms with Crippen LogP contribution in [0.25, 0.3) is 0 Å². The largest absolute Gasteiger partial charge is 0.369 e. The molecule has 1 fully saturated rings. The molecule has 1 amide bonds. The molecule has 0 unspecified atom stereocenters. The molecule has 1 aromatic rings. The molecule has 3 nitrogen and oxygen atoms in total. The van der Waals surface area contributed by atoms with Gasteiger partial charge in [-0.1, -0.05) is 12.8 Å². The van der Waals surface area contributed by atoms with Gasteiger partial charge in [0.2, 0.25) is 5.91 Å². The van der Waals surface area contributed by atoms with E-state index in [-0.39, 0.29) is 12.3 Å². The molecule has 1 saturated carbocycles. The lowest BCUT2D eigenvalue weighted by molar-refractivity contribution is -0.117. The van der Waals surface area contributed by atoms with Gasteiger partial charge in [0.05, 0.1) is 12.1 Å². The molecule has 1 aliphatic rings. The first-order chi connectivity index (χ1) is 6.75. The van der Waals surface area contributed by atoms with E-state index in [2.05, 4.69) is 10.4 Å². The summed E-state index contributed by atoms with van der Waals surface area (Å²) in [5.41, 5.74) is 6.29. The number of primary amides is 1. The van der Waals surface area contributed by atoms with Crippen LogP contribution < -0.4 is 5.73 Å². The number of hydrogen-bond acceptors (Lipinski definition) is 3. The van der Waals surface area contributed by atoms with E-state index in [4.69, 9.17) is 5.73 Å². The van der Waals surface area contributed by atoms with E-state index >= 15 is 0 Å². The fraction of sp³-hybridized carbons (Fsp3) is 0.600. The van der Waals surface area contributed by atoms with E-state index in [9.17, 15) is 4.79 Å². The van der Waals surface area contributed by atoms with Gasteiger partial charge in [-0.2, -0.15) is 0 Å². The molecule has 1 aliphatic carbocycles. The lowest BCUT2D eigenvalue weighted by atomic mass is 10.1. The Morgan fingerprint density at radius 1 is 1.57 bits per heavy atom. The average Bonchev–Trinajstić information content (AvgIpc) is 2.69. The zero-order chi connectivity index (χ0) is 9.97. The molecule has 0 radical (unpaired) electrons. The van der Waals surface area contributed by atoms with Gasteiger partial charge >= 0.3 is 0 Å². The molecular weight excluding hydrogens is 196 g/mol. The lowest BCUT2D eigenvalue weighted by Gasteiger charge is -2.02. The Labute approximate surface area is 87.3 Å².